The Morgan fingerprint density at radius 3 is 2.14 bits per heavy atom. The minimum atomic E-state index is -0.528. The number of nitrogens with one attached hydrogen (secondary N) is 1. The summed E-state index contributed by atoms with van der Waals surface area (Å²) in [4.78, 5) is 24.1. The van der Waals surface area contributed by atoms with Gasteiger partial charge < -0.3 is 10.4 Å². The van der Waals surface area contributed by atoms with Gasteiger partial charge in [-0.05, 0) is 36.4 Å². The third kappa shape index (κ3) is 3.17. The van der Waals surface area contributed by atoms with Crippen molar-refractivity contribution < 1.29 is 14.7 Å². The second-order valence-corrected chi connectivity index (χ2v) is 5.14. The van der Waals surface area contributed by atoms with E-state index in [9.17, 15) is 14.7 Å². The van der Waals surface area contributed by atoms with E-state index in [0.717, 1.165) is 0 Å². The molecule has 1 amide bonds. The lowest BCUT2D eigenvalue weighted by Gasteiger charge is -2.09. The van der Waals surface area contributed by atoms with Crippen molar-refractivity contribution in [3.05, 3.63) is 63.1 Å². The number of halogens is 2. The normalized spacial score (nSPS) is 10.2. The molecule has 0 aliphatic heterocycles. The van der Waals surface area contributed by atoms with Gasteiger partial charge in [-0.15, -0.1) is 0 Å². The quantitative estimate of drug-likeness (QED) is 0.852. The highest BCUT2D eigenvalue weighted by Gasteiger charge is 2.20. The molecular weight excluding hydrogens is 313 g/mol. The van der Waals surface area contributed by atoms with Crippen LogP contribution >= 0.6 is 23.2 Å². The number of rotatable bonds is 3. The lowest BCUT2D eigenvalue weighted by molar-refractivity contribution is 0.0960. The maximum absolute atomic E-state index is 12.4. The second-order valence-electron chi connectivity index (χ2n) is 4.26. The summed E-state index contributed by atoms with van der Waals surface area (Å²) < 4.78 is 0. The van der Waals surface area contributed by atoms with E-state index in [4.69, 9.17) is 23.2 Å². The SMILES string of the molecule is CNC(=O)c1cc(Cl)cc(C(=O)c2ccc(Cl)cc2)c1O. The monoisotopic (exact) mass is 323 g/mol. The minimum absolute atomic E-state index is 0.0385. The molecule has 2 rings (SSSR count). The smallest absolute Gasteiger partial charge is 0.254 e. The third-order valence-corrected chi connectivity index (χ3v) is 3.37. The van der Waals surface area contributed by atoms with Crippen molar-refractivity contribution in [1.82, 2.24) is 5.32 Å². The van der Waals surface area contributed by atoms with Gasteiger partial charge in [0.15, 0.2) is 5.78 Å². The molecule has 0 atom stereocenters. The minimum Gasteiger partial charge on any atom is -0.506 e. The van der Waals surface area contributed by atoms with Crippen molar-refractivity contribution in [1.29, 1.82) is 0 Å². The van der Waals surface area contributed by atoms with E-state index < -0.39 is 17.4 Å². The molecule has 6 heteroatoms. The average molecular weight is 324 g/mol. The maximum atomic E-state index is 12.4. The standard InChI is InChI=1S/C15H11Cl2NO3/c1-18-15(21)12-7-10(17)6-11(14(12)20)13(19)8-2-4-9(16)5-3-8/h2-7,20H,1H3,(H,18,21). The molecular formula is C15H11Cl2NO3. The molecule has 0 aliphatic carbocycles. The fourth-order valence-corrected chi connectivity index (χ4v) is 2.18. The molecule has 0 saturated carbocycles. The Balaban J connectivity index is 2.53. The summed E-state index contributed by atoms with van der Waals surface area (Å²) in [6.07, 6.45) is 0. The lowest BCUT2D eigenvalue weighted by Crippen LogP contribution is -2.18. The van der Waals surface area contributed by atoms with E-state index in [1.165, 1.54) is 31.3 Å². The van der Waals surface area contributed by atoms with Crippen LogP contribution in [0.2, 0.25) is 10.0 Å². The van der Waals surface area contributed by atoms with Crippen LogP contribution in [0.3, 0.4) is 0 Å². The fraction of sp³-hybridized carbons (Fsp3) is 0.0667. The molecule has 2 N–H and O–H groups in total. The van der Waals surface area contributed by atoms with Crippen LogP contribution in [-0.4, -0.2) is 23.8 Å². The molecule has 0 fully saturated rings. The van der Waals surface area contributed by atoms with Gasteiger partial charge in [0.1, 0.15) is 5.75 Å². The number of carbonyl (C=O) groups is 2. The van der Waals surface area contributed by atoms with Gasteiger partial charge in [0, 0.05) is 22.7 Å². The number of aromatic hydroxyl groups is 1. The molecule has 0 heterocycles. The first-order valence-electron chi connectivity index (χ1n) is 5.99. The molecule has 0 bridgehead atoms. The summed E-state index contributed by atoms with van der Waals surface area (Å²) in [6.45, 7) is 0. The van der Waals surface area contributed by atoms with E-state index in [-0.39, 0.29) is 16.1 Å². The second kappa shape index (κ2) is 6.16. The highest BCUT2D eigenvalue weighted by atomic mass is 35.5. The van der Waals surface area contributed by atoms with Crippen molar-refractivity contribution in [2.24, 2.45) is 0 Å². The third-order valence-electron chi connectivity index (χ3n) is 2.90. The number of phenolic OH excluding ortho intramolecular Hbond substituents is 1. The van der Waals surface area contributed by atoms with Crippen molar-refractivity contribution >= 4 is 34.9 Å². The maximum Gasteiger partial charge on any atom is 0.254 e. The van der Waals surface area contributed by atoms with Gasteiger partial charge in [0.2, 0.25) is 0 Å². The molecule has 21 heavy (non-hydrogen) atoms. The highest BCUT2D eigenvalue weighted by molar-refractivity contribution is 6.32. The van der Waals surface area contributed by atoms with Crippen molar-refractivity contribution in [2.75, 3.05) is 7.05 Å². The Morgan fingerprint density at radius 2 is 1.57 bits per heavy atom. The predicted molar refractivity (Wildman–Crippen MR) is 81.4 cm³/mol. The van der Waals surface area contributed by atoms with Crippen molar-refractivity contribution in [2.45, 2.75) is 0 Å². The average Bonchev–Trinajstić information content (AvgIpc) is 2.48. The summed E-state index contributed by atoms with van der Waals surface area (Å²) in [6, 6.07) is 8.82. The Hall–Kier alpha value is -2.04. The first-order chi connectivity index (χ1) is 9.93. The van der Waals surface area contributed by atoms with E-state index in [0.29, 0.717) is 10.6 Å². The van der Waals surface area contributed by atoms with Gasteiger partial charge in [-0.3, -0.25) is 9.59 Å². The number of benzene rings is 2. The van der Waals surface area contributed by atoms with Crippen LogP contribution in [0.15, 0.2) is 36.4 Å². The molecule has 2 aromatic rings. The zero-order valence-electron chi connectivity index (χ0n) is 11.0. The van der Waals surface area contributed by atoms with Crippen molar-refractivity contribution in [3.63, 3.8) is 0 Å². The highest BCUT2D eigenvalue weighted by Crippen LogP contribution is 2.29. The summed E-state index contributed by atoms with van der Waals surface area (Å²) in [7, 11) is 1.42. The van der Waals surface area contributed by atoms with E-state index in [1.54, 1.807) is 12.1 Å². The van der Waals surface area contributed by atoms with E-state index in [1.807, 2.05) is 0 Å². The Bertz CT molecular complexity index is 712. The number of phenols is 1. The molecule has 0 unspecified atom stereocenters. The van der Waals surface area contributed by atoms with Gasteiger partial charge >= 0.3 is 0 Å². The predicted octanol–water partition coefficient (Wildman–Crippen LogP) is 3.29. The molecule has 4 nitrogen and oxygen atoms in total. The molecule has 0 spiro atoms. The Kier molecular flexibility index (Phi) is 4.50. The van der Waals surface area contributed by atoms with E-state index >= 15 is 0 Å². The fourth-order valence-electron chi connectivity index (χ4n) is 1.84. The molecule has 0 saturated heterocycles. The van der Waals surface area contributed by atoms with Crippen LogP contribution in [0.1, 0.15) is 26.3 Å². The van der Waals surface area contributed by atoms with Crippen LogP contribution in [0, 0.1) is 0 Å². The first-order valence-corrected chi connectivity index (χ1v) is 6.74. The lowest BCUT2D eigenvalue weighted by atomic mass is 9.99. The summed E-state index contributed by atoms with van der Waals surface area (Å²) in [5.74, 6) is -1.38. The molecule has 0 radical (unpaired) electrons. The Labute approximate surface area is 131 Å². The largest absolute Gasteiger partial charge is 0.506 e. The molecule has 0 aromatic heterocycles. The van der Waals surface area contributed by atoms with Crippen LogP contribution < -0.4 is 5.32 Å². The van der Waals surface area contributed by atoms with Gasteiger partial charge in [-0.2, -0.15) is 0 Å². The van der Waals surface area contributed by atoms with E-state index in [2.05, 4.69) is 5.32 Å². The number of hydrogen-bond donors (Lipinski definition) is 2. The van der Waals surface area contributed by atoms with Crippen molar-refractivity contribution in [3.8, 4) is 5.75 Å². The number of ketones is 1. The first kappa shape index (κ1) is 15.4. The van der Waals surface area contributed by atoms with Crippen LogP contribution in [0.5, 0.6) is 5.75 Å². The number of carbonyl (C=O) groups excluding carboxylic acids is 2. The summed E-state index contributed by atoms with van der Waals surface area (Å²) in [5, 5.41) is 13.2. The topological polar surface area (TPSA) is 66.4 Å². The van der Waals surface area contributed by atoms with Gasteiger partial charge in [0.05, 0.1) is 11.1 Å². The number of hydrogen-bond acceptors (Lipinski definition) is 3. The zero-order chi connectivity index (χ0) is 15.6. The molecule has 108 valence electrons. The zero-order valence-corrected chi connectivity index (χ0v) is 12.5. The van der Waals surface area contributed by atoms with Crippen LogP contribution in [0.4, 0.5) is 0 Å². The van der Waals surface area contributed by atoms with Gasteiger partial charge in [-0.1, -0.05) is 23.2 Å². The van der Waals surface area contributed by atoms with Gasteiger partial charge in [-0.25, -0.2) is 0 Å². The molecule has 2 aromatic carbocycles. The number of amides is 1. The Morgan fingerprint density at radius 1 is 1.00 bits per heavy atom. The van der Waals surface area contributed by atoms with Crippen LogP contribution in [0.25, 0.3) is 0 Å². The van der Waals surface area contributed by atoms with Crippen LogP contribution in [-0.2, 0) is 0 Å². The van der Waals surface area contributed by atoms with Gasteiger partial charge in [0.25, 0.3) is 5.91 Å². The molecule has 0 aliphatic rings. The summed E-state index contributed by atoms with van der Waals surface area (Å²) in [5.41, 5.74) is 0.241. The summed E-state index contributed by atoms with van der Waals surface area (Å²) >= 11 is 11.7.